The van der Waals surface area contributed by atoms with Gasteiger partial charge in [-0.1, -0.05) is 11.6 Å². The number of carbonyl (C=O) groups is 1. The number of hydrogen-bond acceptors (Lipinski definition) is 5. The van der Waals surface area contributed by atoms with Crippen molar-refractivity contribution in [2.45, 2.75) is 6.18 Å². The van der Waals surface area contributed by atoms with E-state index in [-0.39, 0.29) is 24.5 Å². The second kappa shape index (κ2) is 10.5. The maximum absolute atomic E-state index is 14.2. The fraction of sp³-hybridized carbons (Fsp3) is 0.158. The van der Waals surface area contributed by atoms with E-state index in [9.17, 15) is 22.0 Å². The van der Waals surface area contributed by atoms with Gasteiger partial charge in [-0.15, -0.1) is 11.3 Å². The quantitative estimate of drug-likeness (QED) is 0.466. The second-order valence-electron chi connectivity index (χ2n) is 5.84. The number of nitrogens with two attached hydrogens (primary N) is 1. The average molecular weight is 481 g/mol. The Morgan fingerprint density at radius 3 is 2.48 bits per heavy atom. The molecule has 0 unspecified atom stereocenters. The van der Waals surface area contributed by atoms with E-state index in [1.807, 2.05) is 12.1 Å². The van der Waals surface area contributed by atoms with Crippen LogP contribution in [0.4, 0.5) is 22.0 Å². The maximum Gasteiger partial charge on any atom is 0.490 e. The SMILES string of the molecule is NC/C(=C\F)COc1ccc(-c2nc3ccc(Cl)cc3s2)cc1F.O=C(O)C(F)(F)F. The van der Waals surface area contributed by atoms with E-state index in [1.165, 1.54) is 23.5 Å². The Bertz CT molecular complexity index is 1100. The molecule has 3 aromatic rings. The molecule has 1 aromatic heterocycles. The number of thiazole rings is 1. The summed E-state index contributed by atoms with van der Waals surface area (Å²) in [5.74, 6) is -3.26. The van der Waals surface area contributed by atoms with Gasteiger partial charge in [0.1, 0.15) is 11.6 Å². The smallest absolute Gasteiger partial charge is 0.486 e. The number of halogens is 6. The Hall–Kier alpha value is -2.76. The molecular formula is C19H14ClF5N2O3S. The number of carboxylic acids is 1. The highest BCUT2D eigenvalue weighted by molar-refractivity contribution is 7.21. The maximum atomic E-state index is 14.2. The van der Waals surface area contributed by atoms with Gasteiger partial charge in [-0.25, -0.2) is 18.6 Å². The van der Waals surface area contributed by atoms with Crippen molar-refractivity contribution in [1.82, 2.24) is 4.98 Å². The molecule has 0 bridgehead atoms. The highest BCUT2D eigenvalue weighted by Crippen LogP contribution is 2.33. The van der Waals surface area contributed by atoms with Crippen LogP contribution in [-0.4, -0.2) is 35.4 Å². The summed E-state index contributed by atoms with van der Waals surface area (Å²) < 4.78 is 64.6. The van der Waals surface area contributed by atoms with Gasteiger partial charge in [0.05, 0.1) is 16.5 Å². The van der Waals surface area contributed by atoms with Crippen LogP contribution in [0.2, 0.25) is 5.02 Å². The molecule has 0 saturated heterocycles. The summed E-state index contributed by atoms with van der Waals surface area (Å²) in [4.78, 5) is 13.4. The van der Waals surface area contributed by atoms with Crippen LogP contribution in [-0.2, 0) is 4.79 Å². The van der Waals surface area contributed by atoms with E-state index in [0.29, 0.717) is 21.9 Å². The third-order valence-corrected chi connectivity index (χ3v) is 4.90. The van der Waals surface area contributed by atoms with E-state index in [0.717, 1.165) is 10.2 Å². The minimum atomic E-state index is -5.08. The Morgan fingerprint density at radius 2 is 1.94 bits per heavy atom. The first kappa shape index (κ1) is 24.5. The van der Waals surface area contributed by atoms with E-state index >= 15 is 0 Å². The van der Waals surface area contributed by atoms with Gasteiger partial charge in [0.2, 0.25) is 0 Å². The van der Waals surface area contributed by atoms with Gasteiger partial charge in [0.25, 0.3) is 0 Å². The summed E-state index contributed by atoms with van der Waals surface area (Å²) in [5, 5.41) is 8.44. The molecule has 0 fully saturated rings. The van der Waals surface area contributed by atoms with Gasteiger partial charge in [0, 0.05) is 22.7 Å². The molecule has 0 amide bonds. The zero-order chi connectivity index (χ0) is 23.2. The molecule has 5 nitrogen and oxygen atoms in total. The van der Waals surface area contributed by atoms with Gasteiger partial charge in [0.15, 0.2) is 11.6 Å². The summed E-state index contributed by atoms with van der Waals surface area (Å²) in [6.07, 6.45) is -4.71. The average Bonchev–Trinajstić information content (AvgIpc) is 3.12. The monoisotopic (exact) mass is 480 g/mol. The van der Waals surface area contributed by atoms with Crippen LogP contribution in [0.3, 0.4) is 0 Å². The number of alkyl halides is 3. The lowest BCUT2D eigenvalue weighted by molar-refractivity contribution is -0.192. The minimum absolute atomic E-state index is 0.0183. The topological polar surface area (TPSA) is 85.4 Å². The zero-order valence-electron chi connectivity index (χ0n) is 15.4. The molecule has 3 N–H and O–H groups in total. The molecule has 2 aromatic carbocycles. The lowest BCUT2D eigenvalue weighted by Gasteiger charge is -2.08. The molecule has 166 valence electrons. The number of hydrogen-bond donors (Lipinski definition) is 2. The largest absolute Gasteiger partial charge is 0.490 e. The lowest BCUT2D eigenvalue weighted by Crippen LogP contribution is -2.21. The summed E-state index contributed by atoms with van der Waals surface area (Å²) in [5.41, 5.74) is 7.03. The molecule has 0 saturated carbocycles. The minimum Gasteiger partial charge on any atom is -0.486 e. The second-order valence-corrected chi connectivity index (χ2v) is 7.31. The molecule has 0 spiro atoms. The molecule has 3 rings (SSSR count). The highest BCUT2D eigenvalue weighted by Gasteiger charge is 2.38. The van der Waals surface area contributed by atoms with Crippen LogP contribution < -0.4 is 10.5 Å². The highest BCUT2D eigenvalue weighted by atomic mass is 35.5. The predicted octanol–water partition coefficient (Wildman–Crippen LogP) is 5.58. The summed E-state index contributed by atoms with van der Waals surface area (Å²) in [7, 11) is 0. The summed E-state index contributed by atoms with van der Waals surface area (Å²) >= 11 is 7.39. The first-order valence-corrected chi connectivity index (χ1v) is 9.51. The van der Waals surface area contributed by atoms with Crippen LogP contribution in [0.5, 0.6) is 5.75 Å². The molecule has 12 heteroatoms. The van der Waals surface area contributed by atoms with Crippen molar-refractivity contribution in [3.63, 3.8) is 0 Å². The van der Waals surface area contributed by atoms with Crippen LogP contribution in [0.25, 0.3) is 20.8 Å². The number of aliphatic carboxylic acids is 1. The number of ether oxygens (including phenoxy) is 1. The van der Waals surface area contributed by atoms with Crippen molar-refractivity contribution in [2.75, 3.05) is 13.2 Å². The van der Waals surface area contributed by atoms with Gasteiger partial charge in [-0.3, -0.25) is 0 Å². The molecule has 0 aliphatic rings. The van der Waals surface area contributed by atoms with Crippen molar-refractivity contribution in [3.8, 4) is 16.3 Å². The van der Waals surface area contributed by atoms with Gasteiger partial charge >= 0.3 is 12.1 Å². The fourth-order valence-electron chi connectivity index (χ4n) is 2.08. The Balaban J connectivity index is 0.000000423. The van der Waals surface area contributed by atoms with Gasteiger partial charge in [-0.05, 0) is 36.4 Å². The van der Waals surface area contributed by atoms with Crippen molar-refractivity contribution in [3.05, 3.63) is 59.1 Å². The molecule has 0 aliphatic carbocycles. The van der Waals surface area contributed by atoms with Gasteiger partial charge < -0.3 is 15.6 Å². The number of aromatic nitrogens is 1. The fourth-order valence-corrected chi connectivity index (χ4v) is 3.32. The van der Waals surface area contributed by atoms with E-state index in [4.69, 9.17) is 32.0 Å². The third kappa shape index (κ3) is 6.88. The Kier molecular flexibility index (Phi) is 8.31. The molecule has 1 heterocycles. The molecule has 0 atom stereocenters. The number of nitrogens with zero attached hydrogens (tertiary/aromatic N) is 1. The number of fused-ring (bicyclic) bond motifs is 1. The van der Waals surface area contributed by atoms with Crippen molar-refractivity contribution in [1.29, 1.82) is 0 Å². The van der Waals surface area contributed by atoms with E-state index < -0.39 is 18.0 Å². The Labute approximate surface area is 181 Å². The summed E-state index contributed by atoms with van der Waals surface area (Å²) in [6.45, 7) is -0.0760. The predicted molar refractivity (Wildman–Crippen MR) is 107 cm³/mol. The third-order valence-electron chi connectivity index (χ3n) is 3.60. The first-order valence-electron chi connectivity index (χ1n) is 8.32. The Morgan fingerprint density at radius 1 is 1.26 bits per heavy atom. The van der Waals surface area contributed by atoms with E-state index in [1.54, 1.807) is 12.1 Å². The van der Waals surface area contributed by atoms with Crippen LogP contribution in [0, 0.1) is 5.82 Å². The van der Waals surface area contributed by atoms with Gasteiger partial charge in [-0.2, -0.15) is 13.2 Å². The molecule has 0 radical (unpaired) electrons. The van der Waals surface area contributed by atoms with Crippen LogP contribution in [0.15, 0.2) is 48.3 Å². The molecule has 31 heavy (non-hydrogen) atoms. The molecule has 0 aliphatic heterocycles. The van der Waals surface area contributed by atoms with Crippen molar-refractivity contribution < 1.29 is 36.6 Å². The first-order chi connectivity index (χ1) is 14.5. The van der Waals surface area contributed by atoms with Crippen LogP contribution >= 0.6 is 22.9 Å². The summed E-state index contributed by atoms with van der Waals surface area (Å²) in [6, 6.07) is 9.95. The van der Waals surface area contributed by atoms with Crippen molar-refractivity contribution in [2.24, 2.45) is 5.73 Å². The standard InChI is InChI=1S/C17H13ClF2N2OS.C2HF3O2/c18-12-2-3-14-16(6-12)24-17(22-14)11-1-4-15(13(20)5-11)23-9-10(7-19)8-21;3-2(4,5)1(6)7/h1-7H,8-9,21H2;(H,6,7)/b10-7+;. The van der Waals surface area contributed by atoms with E-state index in [2.05, 4.69) is 4.98 Å². The molecular weight excluding hydrogens is 467 g/mol. The number of carboxylic acid groups (broad SMARTS) is 1. The lowest BCUT2D eigenvalue weighted by atomic mass is 10.2. The van der Waals surface area contributed by atoms with Crippen LogP contribution in [0.1, 0.15) is 0 Å². The zero-order valence-corrected chi connectivity index (χ0v) is 17.0. The van der Waals surface area contributed by atoms with Crippen molar-refractivity contribution >= 4 is 39.1 Å². The normalized spacial score (nSPS) is 11.8. The number of rotatable bonds is 5. The number of benzene rings is 2.